The van der Waals surface area contributed by atoms with E-state index in [1.54, 1.807) is 30.3 Å². The monoisotopic (exact) mass is 546 g/mol. The van der Waals surface area contributed by atoms with Crippen LogP contribution in [0.1, 0.15) is 18.4 Å². The number of anilines is 2. The number of hydrogen-bond donors (Lipinski definition) is 0. The Morgan fingerprint density at radius 2 is 1.78 bits per heavy atom. The second-order valence-electron chi connectivity index (χ2n) is 9.24. The van der Waals surface area contributed by atoms with Crippen LogP contribution in [0.4, 0.5) is 16.0 Å². The molecule has 8 nitrogen and oxygen atoms in total. The number of nitrogens with zero attached hydrogens (tertiary/aromatic N) is 6. The molecular formula is C24H21Cl2FN6O2S. The van der Waals surface area contributed by atoms with Crippen molar-refractivity contribution >= 4 is 55.8 Å². The Labute approximate surface area is 217 Å². The molecule has 2 fully saturated rings. The van der Waals surface area contributed by atoms with Gasteiger partial charge in [-0.05, 0) is 44.0 Å². The summed E-state index contributed by atoms with van der Waals surface area (Å²) in [5.41, 5.74) is 0.965. The summed E-state index contributed by atoms with van der Waals surface area (Å²) in [6, 6.07) is 9.48. The number of pyridine rings is 2. The van der Waals surface area contributed by atoms with Crippen LogP contribution in [0, 0.1) is 12.7 Å². The van der Waals surface area contributed by atoms with Gasteiger partial charge < -0.3 is 9.80 Å². The van der Waals surface area contributed by atoms with E-state index >= 15 is 0 Å². The molecule has 3 aromatic heterocycles. The van der Waals surface area contributed by atoms with E-state index in [1.807, 2.05) is 11.8 Å². The number of hydrogen-bond acceptors (Lipinski definition) is 7. The van der Waals surface area contributed by atoms with Gasteiger partial charge in [0, 0.05) is 32.0 Å². The molecule has 1 saturated heterocycles. The molecule has 1 aliphatic carbocycles. The molecule has 1 spiro atoms. The van der Waals surface area contributed by atoms with E-state index in [9.17, 15) is 12.8 Å². The molecule has 1 aliphatic heterocycles. The van der Waals surface area contributed by atoms with Crippen LogP contribution in [0.5, 0.6) is 0 Å². The van der Waals surface area contributed by atoms with Gasteiger partial charge in [0.25, 0.3) is 10.0 Å². The molecule has 0 amide bonds. The molecule has 0 unspecified atom stereocenters. The average Bonchev–Trinajstić information content (AvgIpc) is 3.47. The van der Waals surface area contributed by atoms with E-state index in [0.717, 1.165) is 22.5 Å². The Hall–Kier alpha value is -2.95. The first-order valence-electron chi connectivity index (χ1n) is 11.4. The van der Waals surface area contributed by atoms with Gasteiger partial charge in [0.1, 0.15) is 5.15 Å². The van der Waals surface area contributed by atoms with Gasteiger partial charge in [-0.25, -0.2) is 14.4 Å². The molecule has 0 radical (unpaired) electrons. The summed E-state index contributed by atoms with van der Waals surface area (Å²) in [5, 5.41) is 5.51. The van der Waals surface area contributed by atoms with Crippen molar-refractivity contribution in [1.82, 2.24) is 19.2 Å². The standard InChI is InChI=1S/C24H21Cl2FN6O2S/c1-15-2-4-17(5-3-15)36(34,35)33-19-6-9-28-21(26)20(19)23(30-33)32-11-10-31(14-24(32)7-8-24)22-18(27)12-16(25)13-29-22/h2-6,9,12-13H,7-8,10-11,14H2,1H3. The Balaban J connectivity index is 1.43. The highest BCUT2D eigenvalue weighted by atomic mass is 35.5. The highest BCUT2D eigenvalue weighted by molar-refractivity contribution is 7.90. The number of aryl methyl sites for hydroxylation is 1. The molecule has 12 heteroatoms. The lowest BCUT2D eigenvalue weighted by Gasteiger charge is -2.43. The third kappa shape index (κ3) is 3.70. The molecular weight excluding hydrogens is 526 g/mol. The van der Waals surface area contributed by atoms with E-state index in [0.29, 0.717) is 36.4 Å². The minimum atomic E-state index is -3.99. The van der Waals surface area contributed by atoms with Crippen molar-refractivity contribution < 1.29 is 12.8 Å². The predicted octanol–water partition coefficient (Wildman–Crippen LogP) is 4.68. The second-order valence-corrected chi connectivity index (χ2v) is 11.8. The van der Waals surface area contributed by atoms with Crippen molar-refractivity contribution in [3.8, 4) is 0 Å². The molecule has 0 atom stereocenters. The van der Waals surface area contributed by atoms with Crippen LogP contribution < -0.4 is 9.80 Å². The number of aromatic nitrogens is 4. The van der Waals surface area contributed by atoms with Crippen LogP contribution in [0.15, 0.2) is 53.7 Å². The summed E-state index contributed by atoms with van der Waals surface area (Å²) in [6.45, 7) is 3.34. The average molecular weight is 547 g/mol. The molecule has 2 aliphatic rings. The van der Waals surface area contributed by atoms with E-state index in [1.165, 1.54) is 18.5 Å². The highest BCUT2D eigenvalue weighted by Crippen LogP contribution is 2.49. The molecule has 4 heterocycles. The van der Waals surface area contributed by atoms with Crippen LogP contribution >= 0.6 is 23.2 Å². The maximum atomic E-state index is 14.6. The normalized spacial score (nSPS) is 17.2. The van der Waals surface area contributed by atoms with Crippen LogP contribution in [0.25, 0.3) is 10.9 Å². The first-order chi connectivity index (χ1) is 17.2. The number of rotatable bonds is 4. The van der Waals surface area contributed by atoms with Gasteiger partial charge in [0.05, 0.1) is 26.4 Å². The third-order valence-corrected chi connectivity index (χ3v) is 8.96. The quantitative estimate of drug-likeness (QED) is 0.343. The van der Waals surface area contributed by atoms with E-state index in [4.69, 9.17) is 23.2 Å². The molecule has 0 bridgehead atoms. The molecule has 0 N–H and O–H groups in total. The zero-order valence-electron chi connectivity index (χ0n) is 19.2. The Morgan fingerprint density at radius 3 is 2.47 bits per heavy atom. The summed E-state index contributed by atoms with van der Waals surface area (Å²) in [4.78, 5) is 12.5. The maximum absolute atomic E-state index is 14.6. The summed E-state index contributed by atoms with van der Waals surface area (Å²) >= 11 is 12.4. The lowest BCUT2D eigenvalue weighted by Crippen LogP contribution is -2.56. The van der Waals surface area contributed by atoms with Crippen molar-refractivity contribution in [2.75, 3.05) is 29.4 Å². The SMILES string of the molecule is Cc1ccc(S(=O)(=O)n2nc(N3CCN(c4ncc(Cl)cc4F)CC34CC4)c3c(Cl)nccc32)cc1. The van der Waals surface area contributed by atoms with Gasteiger partial charge in [0.15, 0.2) is 17.5 Å². The van der Waals surface area contributed by atoms with Crippen LogP contribution in [0.3, 0.4) is 0 Å². The van der Waals surface area contributed by atoms with Crippen LogP contribution in [-0.2, 0) is 10.0 Å². The van der Waals surface area contributed by atoms with Crippen molar-refractivity contribution in [2.24, 2.45) is 0 Å². The first-order valence-corrected chi connectivity index (χ1v) is 13.6. The van der Waals surface area contributed by atoms with Gasteiger partial charge in [-0.1, -0.05) is 40.9 Å². The Kier molecular flexibility index (Phi) is 5.40. The van der Waals surface area contributed by atoms with Gasteiger partial charge >= 0.3 is 0 Å². The number of fused-ring (bicyclic) bond motifs is 1. The Bertz CT molecular complexity index is 1610. The van der Waals surface area contributed by atoms with Crippen LogP contribution in [-0.4, -0.2) is 52.7 Å². The van der Waals surface area contributed by atoms with Crippen molar-refractivity contribution in [3.63, 3.8) is 0 Å². The van der Waals surface area contributed by atoms with E-state index < -0.39 is 15.8 Å². The van der Waals surface area contributed by atoms with Crippen LogP contribution in [0.2, 0.25) is 10.2 Å². The van der Waals surface area contributed by atoms with Gasteiger partial charge in [-0.3, -0.25) is 0 Å². The molecule has 1 saturated carbocycles. The number of halogens is 3. The summed E-state index contributed by atoms with van der Waals surface area (Å²) in [5.74, 6) is 0.237. The zero-order valence-corrected chi connectivity index (χ0v) is 21.5. The summed E-state index contributed by atoms with van der Waals surface area (Å²) in [6.07, 6.45) is 4.59. The van der Waals surface area contributed by atoms with Gasteiger partial charge in [-0.2, -0.15) is 12.5 Å². The number of piperazine rings is 1. The fourth-order valence-corrected chi connectivity index (χ4v) is 6.52. The topological polar surface area (TPSA) is 84.2 Å². The molecule has 6 rings (SSSR count). The lowest BCUT2D eigenvalue weighted by molar-refractivity contribution is 0.492. The maximum Gasteiger partial charge on any atom is 0.283 e. The van der Waals surface area contributed by atoms with E-state index in [2.05, 4.69) is 20.0 Å². The van der Waals surface area contributed by atoms with E-state index in [-0.39, 0.29) is 26.4 Å². The fourth-order valence-electron chi connectivity index (χ4n) is 4.87. The summed E-state index contributed by atoms with van der Waals surface area (Å²) < 4.78 is 42.8. The third-order valence-electron chi connectivity index (χ3n) is 6.87. The predicted molar refractivity (Wildman–Crippen MR) is 137 cm³/mol. The Morgan fingerprint density at radius 1 is 1.03 bits per heavy atom. The molecule has 36 heavy (non-hydrogen) atoms. The van der Waals surface area contributed by atoms with Crippen molar-refractivity contribution in [2.45, 2.75) is 30.2 Å². The van der Waals surface area contributed by atoms with Crippen molar-refractivity contribution in [3.05, 3.63) is 70.3 Å². The minimum absolute atomic E-state index is 0.132. The zero-order chi connectivity index (χ0) is 25.2. The highest BCUT2D eigenvalue weighted by Gasteiger charge is 2.53. The first kappa shape index (κ1) is 23.4. The van der Waals surface area contributed by atoms with Crippen molar-refractivity contribution in [1.29, 1.82) is 0 Å². The van der Waals surface area contributed by atoms with Gasteiger partial charge in [-0.15, -0.1) is 5.10 Å². The molecule has 4 aromatic rings. The smallest absolute Gasteiger partial charge is 0.283 e. The minimum Gasteiger partial charge on any atom is -0.350 e. The molecule has 1 aromatic carbocycles. The second kappa shape index (κ2) is 8.29. The largest absolute Gasteiger partial charge is 0.350 e. The summed E-state index contributed by atoms with van der Waals surface area (Å²) in [7, 11) is -3.99. The fraction of sp³-hybridized carbons (Fsp3) is 0.292. The van der Waals surface area contributed by atoms with Gasteiger partial charge in [0.2, 0.25) is 0 Å². The lowest BCUT2D eigenvalue weighted by atomic mass is 10.1. The number of benzene rings is 1. The molecule has 186 valence electrons.